The van der Waals surface area contributed by atoms with E-state index in [1.807, 2.05) is 39.1 Å². The lowest BCUT2D eigenvalue weighted by molar-refractivity contribution is 0.0134. The molecule has 0 aliphatic heterocycles. The number of aryl methyl sites for hydroxylation is 1. The molecule has 0 bridgehead atoms. The molecule has 2 rings (SSSR count). The Morgan fingerprint density at radius 3 is 2.68 bits per heavy atom. The van der Waals surface area contributed by atoms with Crippen LogP contribution in [0.4, 0.5) is 0 Å². The van der Waals surface area contributed by atoms with Crippen molar-refractivity contribution in [3.8, 4) is 11.5 Å². The molecule has 3 N–H and O–H groups in total. The Morgan fingerprint density at radius 2 is 2.09 bits per heavy atom. The van der Waals surface area contributed by atoms with E-state index in [2.05, 4.69) is 29.4 Å². The second-order valence-electron chi connectivity index (χ2n) is 6.96. The molecule has 5 heteroatoms. The van der Waals surface area contributed by atoms with Crippen LogP contribution >= 0.6 is 0 Å². The van der Waals surface area contributed by atoms with Crippen molar-refractivity contribution < 1.29 is 9.52 Å². The van der Waals surface area contributed by atoms with Gasteiger partial charge in [0.25, 0.3) is 0 Å². The molecule has 1 unspecified atom stereocenters. The Labute approximate surface area is 132 Å². The molecule has 2 aromatic heterocycles. The van der Waals surface area contributed by atoms with Gasteiger partial charge in [-0.25, -0.2) is 0 Å². The van der Waals surface area contributed by atoms with Crippen LogP contribution in [0.15, 0.2) is 22.7 Å². The lowest BCUT2D eigenvalue weighted by Crippen LogP contribution is -2.41. The van der Waals surface area contributed by atoms with Crippen LogP contribution < -0.4 is 5.32 Å². The minimum absolute atomic E-state index is 0.181. The first kappa shape index (κ1) is 16.8. The van der Waals surface area contributed by atoms with Gasteiger partial charge < -0.3 is 14.8 Å². The summed E-state index contributed by atoms with van der Waals surface area (Å²) in [7, 11) is 0. The predicted molar refractivity (Wildman–Crippen MR) is 87.4 cm³/mol. The molecule has 1 atom stereocenters. The van der Waals surface area contributed by atoms with Gasteiger partial charge in [-0.05, 0) is 25.0 Å². The van der Waals surface area contributed by atoms with E-state index in [0.29, 0.717) is 6.54 Å². The first-order valence-corrected chi connectivity index (χ1v) is 7.79. The summed E-state index contributed by atoms with van der Waals surface area (Å²) in [6.45, 7) is 11.6. The maximum atomic E-state index is 10.3. The number of nitrogens with zero attached hydrogens (tertiary/aromatic N) is 1. The molecule has 0 aromatic carbocycles. The molecule has 0 fully saturated rings. The number of H-pyrrole nitrogens is 1. The highest BCUT2D eigenvalue weighted by molar-refractivity contribution is 5.56. The van der Waals surface area contributed by atoms with Crippen molar-refractivity contribution in [1.82, 2.24) is 15.5 Å². The Bertz CT molecular complexity index is 599. The molecule has 0 aliphatic carbocycles. The van der Waals surface area contributed by atoms with Gasteiger partial charge in [0.15, 0.2) is 5.76 Å². The fraction of sp³-hybridized carbons (Fsp3) is 0.588. The smallest absolute Gasteiger partial charge is 0.152 e. The molecular formula is C17H27N3O2. The van der Waals surface area contributed by atoms with Crippen LogP contribution in [0.2, 0.25) is 0 Å². The van der Waals surface area contributed by atoms with E-state index in [9.17, 15) is 5.11 Å². The molecule has 0 aliphatic rings. The number of hydrogen-bond acceptors (Lipinski definition) is 4. The van der Waals surface area contributed by atoms with E-state index in [4.69, 9.17) is 4.42 Å². The predicted octanol–water partition coefficient (Wildman–Crippen LogP) is 3.11. The van der Waals surface area contributed by atoms with Gasteiger partial charge in [-0.2, -0.15) is 5.10 Å². The SMILES string of the molecule is Cc1ccc(-c2[nH]ncc2CNCC(C)(C)C(O)C(C)C)o1. The largest absolute Gasteiger partial charge is 0.460 e. The Kier molecular flexibility index (Phi) is 5.08. The van der Waals surface area contributed by atoms with Crippen LogP contribution in [0, 0.1) is 18.3 Å². The van der Waals surface area contributed by atoms with Gasteiger partial charge in [-0.3, -0.25) is 5.10 Å². The summed E-state index contributed by atoms with van der Waals surface area (Å²) in [4.78, 5) is 0. The fourth-order valence-electron chi connectivity index (χ4n) is 2.75. The third-order valence-electron chi connectivity index (χ3n) is 4.03. The Hall–Kier alpha value is -1.59. The van der Waals surface area contributed by atoms with Crippen molar-refractivity contribution in [2.24, 2.45) is 11.3 Å². The number of rotatable bonds is 7. The summed E-state index contributed by atoms with van der Waals surface area (Å²) in [6.07, 6.45) is 1.48. The van der Waals surface area contributed by atoms with Gasteiger partial charge in [0.05, 0.1) is 12.3 Å². The van der Waals surface area contributed by atoms with Crippen molar-refractivity contribution in [2.75, 3.05) is 6.54 Å². The van der Waals surface area contributed by atoms with Crippen LogP contribution in [0.3, 0.4) is 0 Å². The summed E-state index contributed by atoms with van der Waals surface area (Å²) in [5, 5.41) is 20.8. The molecule has 0 saturated heterocycles. The molecule has 22 heavy (non-hydrogen) atoms. The van der Waals surface area contributed by atoms with Crippen molar-refractivity contribution in [3.63, 3.8) is 0 Å². The maximum absolute atomic E-state index is 10.3. The monoisotopic (exact) mass is 305 g/mol. The number of aromatic amines is 1. The quantitative estimate of drug-likeness (QED) is 0.735. The zero-order valence-electron chi connectivity index (χ0n) is 14.1. The van der Waals surface area contributed by atoms with Crippen LogP contribution in [-0.2, 0) is 6.54 Å². The third kappa shape index (κ3) is 3.78. The highest BCUT2D eigenvalue weighted by Crippen LogP contribution is 2.26. The molecule has 0 amide bonds. The second-order valence-corrected chi connectivity index (χ2v) is 6.96. The van der Waals surface area contributed by atoms with Crippen LogP contribution in [0.1, 0.15) is 39.0 Å². The lowest BCUT2D eigenvalue weighted by atomic mass is 9.80. The van der Waals surface area contributed by atoms with Gasteiger partial charge in [0, 0.05) is 24.1 Å². The average Bonchev–Trinajstić information content (AvgIpc) is 3.06. The summed E-state index contributed by atoms with van der Waals surface area (Å²) < 4.78 is 5.65. The number of aromatic nitrogens is 2. The van der Waals surface area contributed by atoms with Crippen LogP contribution in [0.5, 0.6) is 0 Å². The van der Waals surface area contributed by atoms with E-state index < -0.39 is 0 Å². The van der Waals surface area contributed by atoms with E-state index in [0.717, 1.165) is 29.3 Å². The summed E-state index contributed by atoms with van der Waals surface area (Å²) in [5.41, 5.74) is 1.78. The minimum atomic E-state index is -0.337. The highest BCUT2D eigenvalue weighted by Gasteiger charge is 2.29. The van der Waals surface area contributed by atoms with Crippen molar-refractivity contribution >= 4 is 0 Å². The normalized spacial score (nSPS) is 13.8. The fourth-order valence-corrected chi connectivity index (χ4v) is 2.75. The van der Waals surface area contributed by atoms with Crippen molar-refractivity contribution in [1.29, 1.82) is 0 Å². The molecule has 122 valence electrons. The van der Waals surface area contributed by atoms with E-state index >= 15 is 0 Å². The lowest BCUT2D eigenvalue weighted by Gasteiger charge is -2.33. The number of aliphatic hydroxyl groups is 1. The Balaban J connectivity index is 1.97. The first-order valence-electron chi connectivity index (χ1n) is 7.79. The molecular weight excluding hydrogens is 278 g/mol. The summed E-state index contributed by atoms with van der Waals surface area (Å²) >= 11 is 0. The van der Waals surface area contributed by atoms with Gasteiger partial charge in [0.1, 0.15) is 11.5 Å². The summed E-state index contributed by atoms with van der Waals surface area (Å²) in [5.74, 6) is 1.92. The van der Waals surface area contributed by atoms with Crippen molar-refractivity contribution in [3.05, 3.63) is 29.7 Å². The Morgan fingerprint density at radius 1 is 1.36 bits per heavy atom. The van der Waals surface area contributed by atoms with Crippen LogP contribution in [0.25, 0.3) is 11.5 Å². The molecule has 0 spiro atoms. The standard InChI is InChI=1S/C17H27N3O2/c1-11(2)16(21)17(4,5)10-18-8-13-9-19-20-15(13)14-7-6-12(3)22-14/h6-7,9,11,16,18,21H,8,10H2,1-5H3,(H,19,20). The number of nitrogens with one attached hydrogen (secondary N) is 2. The van der Waals surface area contributed by atoms with Gasteiger partial charge in [-0.15, -0.1) is 0 Å². The van der Waals surface area contributed by atoms with E-state index in [-0.39, 0.29) is 17.4 Å². The van der Waals surface area contributed by atoms with Crippen LogP contribution in [-0.4, -0.2) is 28.0 Å². The van der Waals surface area contributed by atoms with Gasteiger partial charge in [0.2, 0.25) is 0 Å². The first-order chi connectivity index (χ1) is 10.3. The highest BCUT2D eigenvalue weighted by atomic mass is 16.3. The van der Waals surface area contributed by atoms with Gasteiger partial charge in [-0.1, -0.05) is 27.7 Å². The molecule has 0 saturated carbocycles. The van der Waals surface area contributed by atoms with E-state index in [1.165, 1.54) is 0 Å². The van der Waals surface area contributed by atoms with Gasteiger partial charge >= 0.3 is 0 Å². The third-order valence-corrected chi connectivity index (χ3v) is 4.03. The molecule has 2 heterocycles. The molecule has 0 radical (unpaired) electrons. The van der Waals surface area contributed by atoms with Crippen molar-refractivity contribution in [2.45, 2.75) is 47.3 Å². The topological polar surface area (TPSA) is 74.1 Å². The maximum Gasteiger partial charge on any atom is 0.152 e. The van der Waals surface area contributed by atoms with E-state index in [1.54, 1.807) is 0 Å². The summed E-state index contributed by atoms with van der Waals surface area (Å²) in [6, 6.07) is 3.88. The number of aliphatic hydroxyl groups excluding tert-OH is 1. The zero-order chi connectivity index (χ0) is 16.3. The molecule has 5 nitrogen and oxygen atoms in total. The minimum Gasteiger partial charge on any atom is -0.460 e. The second kappa shape index (κ2) is 6.67. The average molecular weight is 305 g/mol. The number of furan rings is 1. The molecule has 2 aromatic rings. The zero-order valence-corrected chi connectivity index (χ0v) is 14.1. The number of hydrogen-bond donors (Lipinski definition) is 3.